The Balaban J connectivity index is 1.63. The van der Waals surface area contributed by atoms with Crippen LogP contribution in [0.4, 0.5) is 16.2 Å². The van der Waals surface area contributed by atoms with Gasteiger partial charge in [-0.3, -0.25) is 25.0 Å². The predicted molar refractivity (Wildman–Crippen MR) is 144 cm³/mol. The van der Waals surface area contributed by atoms with Crippen LogP contribution in [-0.2, 0) is 16.2 Å². The van der Waals surface area contributed by atoms with Gasteiger partial charge in [0, 0.05) is 12.1 Å². The molecule has 0 unspecified atom stereocenters. The molecule has 194 valence electrons. The number of nitrogens with one attached hydrogen (secondary N) is 1. The molecule has 1 aliphatic heterocycles. The van der Waals surface area contributed by atoms with Crippen LogP contribution in [0.3, 0.4) is 0 Å². The largest absolute Gasteiger partial charge is 0.493 e. The number of nitro groups is 1. The van der Waals surface area contributed by atoms with Gasteiger partial charge in [0.15, 0.2) is 11.5 Å². The van der Waals surface area contributed by atoms with E-state index in [1.807, 2.05) is 0 Å². The zero-order chi connectivity index (χ0) is 27.6. The SMILES string of the molecule is COc1cc(/C=C2\C(=O)NC(=O)N(c3ccc(Cl)c(Cl)c3)C2=O)cc(Br)c1OCc1cccc([N+](=O)[O-])c1. The van der Waals surface area contributed by atoms with Gasteiger partial charge in [0.05, 0.1) is 32.2 Å². The van der Waals surface area contributed by atoms with E-state index >= 15 is 0 Å². The Hall–Kier alpha value is -3.93. The number of nitro benzene ring substituents is 1. The zero-order valence-electron chi connectivity index (χ0n) is 19.4. The van der Waals surface area contributed by atoms with Gasteiger partial charge in [-0.2, -0.15) is 0 Å². The second kappa shape index (κ2) is 11.2. The summed E-state index contributed by atoms with van der Waals surface area (Å²) in [7, 11) is 1.40. The van der Waals surface area contributed by atoms with E-state index in [4.69, 9.17) is 32.7 Å². The van der Waals surface area contributed by atoms with Crippen molar-refractivity contribution in [2.24, 2.45) is 0 Å². The fourth-order valence-electron chi connectivity index (χ4n) is 3.56. The molecule has 1 fully saturated rings. The average molecular weight is 621 g/mol. The average Bonchev–Trinajstić information content (AvgIpc) is 2.87. The minimum absolute atomic E-state index is 0.0126. The van der Waals surface area contributed by atoms with Gasteiger partial charge in [-0.05, 0) is 63.5 Å². The number of hydrogen-bond acceptors (Lipinski definition) is 7. The van der Waals surface area contributed by atoms with Crippen LogP contribution >= 0.6 is 39.1 Å². The van der Waals surface area contributed by atoms with Gasteiger partial charge in [0.25, 0.3) is 17.5 Å². The van der Waals surface area contributed by atoms with Crippen LogP contribution in [0.25, 0.3) is 6.08 Å². The number of imide groups is 2. The van der Waals surface area contributed by atoms with Crippen molar-refractivity contribution in [1.82, 2.24) is 5.32 Å². The molecule has 4 rings (SSSR count). The van der Waals surface area contributed by atoms with Crippen molar-refractivity contribution in [3.8, 4) is 11.5 Å². The lowest BCUT2D eigenvalue weighted by molar-refractivity contribution is -0.384. The molecule has 0 aromatic heterocycles. The molecule has 1 heterocycles. The van der Waals surface area contributed by atoms with Crippen molar-refractivity contribution in [2.45, 2.75) is 6.61 Å². The van der Waals surface area contributed by atoms with Gasteiger partial charge in [0.2, 0.25) is 0 Å². The Kier molecular flexibility index (Phi) is 8.00. The molecule has 1 N–H and O–H groups in total. The summed E-state index contributed by atoms with van der Waals surface area (Å²) < 4.78 is 11.7. The van der Waals surface area contributed by atoms with Crippen LogP contribution in [0, 0.1) is 10.1 Å². The number of nitrogens with zero attached hydrogens (tertiary/aromatic N) is 2. The third-order valence-electron chi connectivity index (χ3n) is 5.33. The molecule has 4 amide bonds. The number of anilines is 1. The normalized spacial score (nSPS) is 14.5. The minimum Gasteiger partial charge on any atom is -0.493 e. The first kappa shape index (κ1) is 27.1. The van der Waals surface area contributed by atoms with Crippen LogP contribution in [0.5, 0.6) is 11.5 Å². The van der Waals surface area contributed by atoms with E-state index in [-0.39, 0.29) is 39.3 Å². The molecule has 0 bridgehead atoms. The second-order valence-corrected chi connectivity index (χ2v) is 9.47. The highest BCUT2D eigenvalue weighted by molar-refractivity contribution is 9.10. The van der Waals surface area contributed by atoms with Gasteiger partial charge < -0.3 is 9.47 Å². The number of amides is 4. The number of barbiturate groups is 1. The molecule has 0 aliphatic carbocycles. The Morgan fingerprint density at radius 3 is 2.53 bits per heavy atom. The highest BCUT2D eigenvalue weighted by Crippen LogP contribution is 2.38. The third kappa shape index (κ3) is 5.64. The number of carbonyl (C=O) groups is 3. The Bertz CT molecular complexity index is 1530. The van der Waals surface area contributed by atoms with Gasteiger partial charge in [0.1, 0.15) is 12.2 Å². The Morgan fingerprint density at radius 1 is 1.08 bits per heavy atom. The van der Waals surface area contributed by atoms with Crippen molar-refractivity contribution in [3.63, 3.8) is 0 Å². The molecule has 0 radical (unpaired) electrons. The standard InChI is InChI=1S/C25H16BrCl2N3O7/c1-37-21-10-14(9-18(26)22(21)38-12-13-3-2-4-16(7-13)31(35)36)8-17-23(32)29-25(34)30(24(17)33)15-5-6-19(27)20(28)11-15/h2-11H,12H2,1H3,(H,29,32,34)/b17-8+. The summed E-state index contributed by atoms with van der Waals surface area (Å²) in [6.07, 6.45) is 1.30. The monoisotopic (exact) mass is 619 g/mol. The van der Waals surface area contributed by atoms with Crippen molar-refractivity contribution < 1.29 is 28.8 Å². The van der Waals surface area contributed by atoms with E-state index in [0.29, 0.717) is 21.3 Å². The minimum atomic E-state index is -0.931. The summed E-state index contributed by atoms with van der Waals surface area (Å²) in [6, 6.07) is 12.4. The lowest BCUT2D eigenvalue weighted by Crippen LogP contribution is -2.54. The topological polar surface area (TPSA) is 128 Å². The molecular weight excluding hydrogens is 605 g/mol. The third-order valence-corrected chi connectivity index (χ3v) is 6.66. The molecule has 0 saturated carbocycles. The second-order valence-electron chi connectivity index (χ2n) is 7.81. The van der Waals surface area contributed by atoms with E-state index in [1.54, 1.807) is 18.2 Å². The van der Waals surface area contributed by atoms with Crippen LogP contribution in [0.1, 0.15) is 11.1 Å². The first-order valence-electron chi connectivity index (χ1n) is 10.7. The molecule has 1 aliphatic rings. The number of hydrogen-bond donors (Lipinski definition) is 1. The summed E-state index contributed by atoms with van der Waals surface area (Å²) in [5, 5.41) is 13.5. The van der Waals surface area contributed by atoms with Gasteiger partial charge >= 0.3 is 6.03 Å². The van der Waals surface area contributed by atoms with E-state index in [0.717, 1.165) is 4.90 Å². The van der Waals surface area contributed by atoms with E-state index in [1.165, 1.54) is 49.6 Å². The van der Waals surface area contributed by atoms with Crippen molar-refractivity contribution >= 4 is 74.4 Å². The van der Waals surface area contributed by atoms with Crippen LogP contribution in [-0.4, -0.2) is 29.9 Å². The number of ether oxygens (including phenoxy) is 2. The summed E-state index contributed by atoms with van der Waals surface area (Å²) in [5.41, 5.74) is 0.705. The predicted octanol–water partition coefficient (Wildman–Crippen LogP) is 5.92. The van der Waals surface area contributed by atoms with Gasteiger partial charge in [-0.1, -0.05) is 35.3 Å². The molecule has 3 aromatic rings. The maximum Gasteiger partial charge on any atom is 0.335 e. The van der Waals surface area contributed by atoms with Gasteiger partial charge in [-0.25, -0.2) is 9.69 Å². The maximum absolute atomic E-state index is 13.2. The van der Waals surface area contributed by atoms with E-state index < -0.39 is 22.8 Å². The number of benzene rings is 3. The smallest absolute Gasteiger partial charge is 0.335 e. The number of rotatable bonds is 7. The zero-order valence-corrected chi connectivity index (χ0v) is 22.5. The highest BCUT2D eigenvalue weighted by Gasteiger charge is 2.37. The maximum atomic E-state index is 13.2. The molecule has 0 atom stereocenters. The first-order valence-corrected chi connectivity index (χ1v) is 12.2. The summed E-state index contributed by atoms with van der Waals surface area (Å²) in [5.74, 6) is -1.18. The number of methoxy groups -OCH3 is 1. The lowest BCUT2D eigenvalue weighted by Gasteiger charge is -2.26. The summed E-state index contributed by atoms with van der Waals surface area (Å²) in [6.45, 7) is 0.0126. The number of halogens is 3. The summed E-state index contributed by atoms with van der Waals surface area (Å²) in [4.78, 5) is 49.5. The number of urea groups is 1. The molecule has 10 nitrogen and oxygen atoms in total. The van der Waals surface area contributed by atoms with E-state index in [2.05, 4.69) is 21.2 Å². The fraction of sp³-hybridized carbons (Fsp3) is 0.0800. The van der Waals surface area contributed by atoms with Gasteiger partial charge in [-0.15, -0.1) is 0 Å². The Labute approximate surface area is 234 Å². The molecule has 1 saturated heterocycles. The number of non-ortho nitro benzene ring substituents is 1. The molecule has 38 heavy (non-hydrogen) atoms. The van der Waals surface area contributed by atoms with Crippen molar-refractivity contribution in [2.75, 3.05) is 12.0 Å². The Morgan fingerprint density at radius 2 is 1.84 bits per heavy atom. The first-order chi connectivity index (χ1) is 18.1. The fourth-order valence-corrected chi connectivity index (χ4v) is 4.43. The molecule has 3 aromatic carbocycles. The molecule has 13 heteroatoms. The molecular formula is C25H16BrCl2N3O7. The van der Waals surface area contributed by atoms with Crippen LogP contribution in [0.2, 0.25) is 10.0 Å². The van der Waals surface area contributed by atoms with Crippen LogP contribution < -0.4 is 19.7 Å². The lowest BCUT2D eigenvalue weighted by atomic mass is 10.1. The van der Waals surface area contributed by atoms with Crippen molar-refractivity contribution in [3.05, 3.63) is 95.9 Å². The summed E-state index contributed by atoms with van der Waals surface area (Å²) >= 11 is 15.4. The number of carbonyl (C=O) groups excluding carboxylic acids is 3. The highest BCUT2D eigenvalue weighted by atomic mass is 79.9. The quantitative estimate of drug-likeness (QED) is 0.150. The molecule has 0 spiro atoms. The van der Waals surface area contributed by atoms with Crippen LogP contribution in [0.15, 0.2) is 64.6 Å². The van der Waals surface area contributed by atoms with Crippen molar-refractivity contribution in [1.29, 1.82) is 0 Å². The van der Waals surface area contributed by atoms with E-state index in [9.17, 15) is 24.5 Å².